The van der Waals surface area contributed by atoms with Crippen LogP contribution in [-0.4, -0.2) is 14.8 Å². The Morgan fingerprint density at radius 1 is 1.67 bits per heavy atom. The van der Waals surface area contributed by atoms with Gasteiger partial charge >= 0.3 is 0 Å². The predicted octanol–water partition coefficient (Wildman–Crippen LogP) is 0.848. The van der Waals surface area contributed by atoms with Crippen LogP contribution in [0.2, 0.25) is 0 Å². The summed E-state index contributed by atoms with van der Waals surface area (Å²) in [7, 11) is 1.91. The molecule has 0 atom stereocenters. The van der Waals surface area contributed by atoms with E-state index in [1.165, 1.54) is 0 Å². The summed E-state index contributed by atoms with van der Waals surface area (Å²) in [5, 5.41) is 7.53. The van der Waals surface area contributed by atoms with Crippen LogP contribution in [-0.2, 0) is 7.05 Å². The summed E-state index contributed by atoms with van der Waals surface area (Å²) in [6.07, 6.45) is 5.52. The van der Waals surface area contributed by atoms with Gasteiger partial charge in [-0.2, -0.15) is 0 Å². The van der Waals surface area contributed by atoms with E-state index < -0.39 is 0 Å². The van der Waals surface area contributed by atoms with Crippen molar-refractivity contribution in [2.45, 2.75) is 6.92 Å². The van der Waals surface area contributed by atoms with Gasteiger partial charge in [-0.1, -0.05) is 6.08 Å². The van der Waals surface area contributed by atoms with E-state index in [-0.39, 0.29) is 0 Å². The average Bonchev–Trinajstić information content (AvgIpc) is 2.18. The highest BCUT2D eigenvalue weighted by molar-refractivity contribution is 5.38. The molecule has 0 saturated carbocycles. The summed E-state index contributed by atoms with van der Waals surface area (Å²) in [5.41, 5.74) is 0. The molecule has 0 radical (unpaired) electrons. The average molecular weight is 123 g/mol. The lowest BCUT2D eigenvalue weighted by Gasteiger charge is -1.87. The van der Waals surface area contributed by atoms with Crippen molar-refractivity contribution in [3.05, 3.63) is 18.2 Å². The summed E-state index contributed by atoms with van der Waals surface area (Å²) in [5.74, 6) is 0.887. The van der Waals surface area contributed by atoms with Gasteiger partial charge in [0, 0.05) is 7.05 Å². The van der Waals surface area contributed by atoms with E-state index >= 15 is 0 Å². The molecule has 1 aromatic heterocycles. The molecule has 0 amide bonds. The maximum absolute atomic E-state index is 3.83. The quantitative estimate of drug-likeness (QED) is 0.554. The number of hydrogen-bond acceptors (Lipinski definition) is 2. The van der Waals surface area contributed by atoms with Crippen molar-refractivity contribution in [1.82, 2.24) is 14.8 Å². The van der Waals surface area contributed by atoms with E-state index in [2.05, 4.69) is 10.2 Å². The van der Waals surface area contributed by atoms with Gasteiger partial charge in [-0.15, -0.1) is 10.2 Å². The molecule has 9 heavy (non-hydrogen) atoms. The largest absolute Gasteiger partial charge is 0.317 e. The van der Waals surface area contributed by atoms with Crippen LogP contribution in [0.15, 0.2) is 12.4 Å². The van der Waals surface area contributed by atoms with Crippen LogP contribution in [0.25, 0.3) is 6.08 Å². The minimum atomic E-state index is 0.887. The van der Waals surface area contributed by atoms with Crippen molar-refractivity contribution in [2.24, 2.45) is 7.05 Å². The van der Waals surface area contributed by atoms with E-state index in [1.807, 2.05) is 30.7 Å². The molecule has 0 fully saturated rings. The monoisotopic (exact) mass is 123 g/mol. The number of hydrogen-bond donors (Lipinski definition) is 0. The van der Waals surface area contributed by atoms with Gasteiger partial charge in [-0.3, -0.25) is 0 Å². The highest BCUT2D eigenvalue weighted by Gasteiger charge is 1.90. The fourth-order valence-electron chi connectivity index (χ4n) is 0.592. The van der Waals surface area contributed by atoms with Crippen LogP contribution < -0.4 is 0 Å². The molecule has 0 spiro atoms. The Morgan fingerprint density at radius 2 is 2.44 bits per heavy atom. The van der Waals surface area contributed by atoms with Gasteiger partial charge in [-0.05, 0) is 13.0 Å². The van der Waals surface area contributed by atoms with Crippen molar-refractivity contribution in [2.75, 3.05) is 0 Å². The Morgan fingerprint density at radius 3 is 2.89 bits per heavy atom. The first kappa shape index (κ1) is 6.01. The van der Waals surface area contributed by atoms with Crippen LogP contribution in [0.3, 0.4) is 0 Å². The maximum Gasteiger partial charge on any atom is 0.155 e. The molecule has 0 bridgehead atoms. The molecule has 3 nitrogen and oxygen atoms in total. The fourth-order valence-corrected chi connectivity index (χ4v) is 0.592. The van der Waals surface area contributed by atoms with E-state index in [0.717, 1.165) is 5.82 Å². The van der Waals surface area contributed by atoms with E-state index in [0.29, 0.717) is 0 Å². The van der Waals surface area contributed by atoms with Crippen molar-refractivity contribution in [1.29, 1.82) is 0 Å². The summed E-state index contributed by atoms with van der Waals surface area (Å²) >= 11 is 0. The van der Waals surface area contributed by atoms with E-state index in [1.54, 1.807) is 6.33 Å². The topological polar surface area (TPSA) is 30.7 Å². The number of aryl methyl sites for hydroxylation is 1. The molecule has 0 aliphatic rings. The fraction of sp³-hybridized carbons (Fsp3) is 0.333. The molecule has 1 aromatic rings. The molecule has 3 heteroatoms. The van der Waals surface area contributed by atoms with Gasteiger partial charge in [0.05, 0.1) is 0 Å². The minimum absolute atomic E-state index is 0.887. The first-order chi connectivity index (χ1) is 4.34. The summed E-state index contributed by atoms with van der Waals surface area (Å²) in [6.45, 7) is 1.95. The maximum atomic E-state index is 3.83. The Kier molecular flexibility index (Phi) is 1.63. The lowest BCUT2D eigenvalue weighted by Crippen LogP contribution is -1.87. The molecule has 0 N–H and O–H groups in total. The molecule has 0 aliphatic heterocycles. The molecule has 48 valence electrons. The first-order valence-corrected chi connectivity index (χ1v) is 2.81. The third-order valence-corrected chi connectivity index (χ3v) is 1.06. The third kappa shape index (κ3) is 1.16. The highest BCUT2D eigenvalue weighted by Crippen LogP contribution is 1.92. The second-order valence-corrected chi connectivity index (χ2v) is 1.80. The molecule has 0 aromatic carbocycles. The Bertz CT molecular complexity index is 212. The molecule has 0 saturated heterocycles. The van der Waals surface area contributed by atoms with Crippen LogP contribution >= 0.6 is 0 Å². The van der Waals surface area contributed by atoms with Crippen molar-refractivity contribution in [3.63, 3.8) is 0 Å². The Hall–Kier alpha value is -1.12. The van der Waals surface area contributed by atoms with Crippen LogP contribution in [0.4, 0.5) is 0 Å². The van der Waals surface area contributed by atoms with Gasteiger partial charge in [0.2, 0.25) is 0 Å². The molecule has 1 rings (SSSR count). The number of rotatable bonds is 1. The summed E-state index contributed by atoms with van der Waals surface area (Å²) < 4.78 is 1.86. The van der Waals surface area contributed by atoms with E-state index in [9.17, 15) is 0 Å². The lowest BCUT2D eigenvalue weighted by atomic mass is 10.5. The molecule has 0 unspecified atom stereocenters. The number of allylic oxidation sites excluding steroid dienone is 1. The zero-order valence-corrected chi connectivity index (χ0v) is 5.57. The molecule has 1 heterocycles. The second kappa shape index (κ2) is 2.44. The van der Waals surface area contributed by atoms with Crippen molar-refractivity contribution in [3.8, 4) is 0 Å². The van der Waals surface area contributed by atoms with E-state index in [4.69, 9.17) is 0 Å². The molecular formula is C6H9N3. The lowest BCUT2D eigenvalue weighted by molar-refractivity contribution is 0.895. The Balaban J connectivity index is 2.94. The van der Waals surface area contributed by atoms with Crippen molar-refractivity contribution < 1.29 is 0 Å². The highest BCUT2D eigenvalue weighted by atomic mass is 15.2. The Labute approximate surface area is 54.0 Å². The zero-order chi connectivity index (χ0) is 6.69. The summed E-state index contributed by atoms with van der Waals surface area (Å²) in [6, 6.07) is 0. The van der Waals surface area contributed by atoms with Gasteiger partial charge < -0.3 is 4.57 Å². The number of nitrogens with zero attached hydrogens (tertiary/aromatic N) is 3. The van der Waals surface area contributed by atoms with Gasteiger partial charge in [0.1, 0.15) is 6.33 Å². The van der Waals surface area contributed by atoms with Crippen LogP contribution in [0.1, 0.15) is 12.7 Å². The number of aromatic nitrogens is 3. The third-order valence-electron chi connectivity index (χ3n) is 1.06. The smallest absolute Gasteiger partial charge is 0.155 e. The molecule has 0 aliphatic carbocycles. The second-order valence-electron chi connectivity index (χ2n) is 1.80. The summed E-state index contributed by atoms with van der Waals surface area (Å²) in [4.78, 5) is 0. The van der Waals surface area contributed by atoms with Crippen molar-refractivity contribution >= 4 is 6.08 Å². The van der Waals surface area contributed by atoms with Crippen LogP contribution in [0, 0.1) is 0 Å². The normalized spacial score (nSPS) is 10.9. The first-order valence-electron chi connectivity index (χ1n) is 2.81. The van der Waals surface area contributed by atoms with Gasteiger partial charge in [-0.25, -0.2) is 0 Å². The van der Waals surface area contributed by atoms with Gasteiger partial charge in [0.15, 0.2) is 5.82 Å². The SMILES string of the molecule is C/C=C\c1nncn1C. The predicted molar refractivity (Wildman–Crippen MR) is 35.7 cm³/mol. The standard InChI is InChI=1S/C6H9N3/c1-3-4-6-8-7-5-9(6)2/h3-5H,1-2H3/b4-3-. The minimum Gasteiger partial charge on any atom is -0.317 e. The molecular weight excluding hydrogens is 114 g/mol. The van der Waals surface area contributed by atoms with Crippen LogP contribution in [0.5, 0.6) is 0 Å². The zero-order valence-electron chi connectivity index (χ0n) is 5.57. The van der Waals surface area contributed by atoms with Gasteiger partial charge in [0.25, 0.3) is 0 Å².